The Morgan fingerprint density at radius 3 is 2.22 bits per heavy atom. The molecule has 0 bridgehead atoms. The van der Waals surface area contributed by atoms with Gasteiger partial charge >= 0.3 is 11.9 Å². The number of carbonyl (C=O) groups excluding carboxylic acids is 1. The van der Waals surface area contributed by atoms with Gasteiger partial charge in [-0.3, -0.25) is 9.59 Å². The van der Waals surface area contributed by atoms with Gasteiger partial charge < -0.3 is 9.84 Å². The van der Waals surface area contributed by atoms with E-state index < -0.39 is 5.97 Å². The molecule has 18 heavy (non-hydrogen) atoms. The van der Waals surface area contributed by atoms with Crippen LogP contribution in [0.3, 0.4) is 0 Å². The molecule has 0 aliphatic heterocycles. The van der Waals surface area contributed by atoms with Crippen LogP contribution in [0.15, 0.2) is 12.2 Å². The highest BCUT2D eigenvalue weighted by molar-refractivity contribution is 5.68. The average Bonchev–Trinajstić information content (AvgIpc) is 2.29. The van der Waals surface area contributed by atoms with E-state index in [2.05, 4.69) is 0 Å². The van der Waals surface area contributed by atoms with Crippen molar-refractivity contribution in [1.82, 2.24) is 0 Å². The molecule has 0 aliphatic rings. The molecule has 4 nitrogen and oxygen atoms in total. The van der Waals surface area contributed by atoms with Crippen molar-refractivity contribution >= 4 is 11.9 Å². The maximum Gasteiger partial charge on any atom is 0.307 e. The molecule has 0 atom stereocenters. The first kappa shape index (κ1) is 16.7. The summed E-state index contributed by atoms with van der Waals surface area (Å²) < 4.78 is 4.84. The minimum atomic E-state index is -0.779. The van der Waals surface area contributed by atoms with E-state index >= 15 is 0 Å². The van der Waals surface area contributed by atoms with E-state index in [9.17, 15) is 9.59 Å². The van der Waals surface area contributed by atoms with Gasteiger partial charge in [0.05, 0.1) is 13.0 Å². The quantitative estimate of drug-likeness (QED) is 0.350. The molecular formula is C14H24O4. The molecule has 0 amide bonds. The first-order valence-corrected chi connectivity index (χ1v) is 6.63. The zero-order valence-corrected chi connectivity index (χ0v) is 11.2. The number of unbranched alkanes of at least 4 members (excludes halogenated alkanes) is 6. The summed E-state index contributed by atoms with van der Waals surface area (Å²) in [6.07, 6.45) is 11.4. The Morgan fingerprint density at radius 1 is 1.00 bits per heavy atom. The van der Waals surface area contributed by atoms with E-state index in [0.717, 1.165) is 25.7 Å². The van der Waals surface area contributed by atoms with Crippen LogP contribution in [0, 0.1) is 0 Å². The highest BCUT2D eigenvalue weighted by Crippen LogP contribution is 2.07. The van der Waals surface area contributed by atoms with Gasteiger partial charge in [0, 0.05) is 6.92 Å². The Kier molecular flexibility index (Phi) is 11.3. The number of hydrogen-bond donors (Lipinski definition) is 1. The minimum Gasteiger partial charge on any atom is -0.481 e. The lowest BCUT2D eigenvalue weighted by Crippen LogP contribution is -1.99. The second kappa shape index (κ2) is 12.1. The first-order valence-electron chi connectivity index (χ1n) is 6.63. The number of carbonyl (C=O) groups is 2. The molecule has 0 spiro atoms. The minimum absolute atomic E-state index is 0.121. The third-order valence-corrected chi connectivity index (χ3v) is 2.53. The molecule has 0 aromatic rings. The number of aliphatic carboxylic acids is 1. The van der Waals surface area contributed by atoms with Crippen molar-refractivity contribution in [2.24, 2.45) is 0 Å². The number of esters is 1. The highest BCUT2D eigenvalue weighted by atomic mass is 16.5. The Balaban J connectivity index is 3.09. The fraction of sp³-hybridized carbons (Fsp3) is 0.714. The third-order valence-electron chi connectivity index (χ3n) is 2.53. The molecule has 0 radical (unpaired) electrons. The third kappa shape index (κ3) is 14.7. The second-order valence-corrected chi connectivity index (χ2v) is 4.32. The highest BCUT2D eigenvalue weighted by Gasteiger charge is 1.94. The van der Waals surface area contributed by atoms with Crippen molar-refractivity contribution in [3.05, 3.63) is 12.2 Å². The van der Waals surface area contributed by atoms with Gasteiger partial charge in [0.1, 0.15) is 0 Å². The molecule has 0 saturated carbocycles. The SMILES string of the molecule is CC(=O)OCCCCCCCCC=CCC(=O)O. The molecule has 0 aromatic carbocycles. The Bertz CT molecular complexity index is 259. The summed E-state index contributed by atoms with van der Waals surface area (Å²) in [6, 6.07) is 0. The standard InChI is InChI=1S/C14H24O4/c1-13(15)18-12-10-8-6-4-2-3-5-7-9-11-14(16)17/h7,9H,2-6,8,10-12H2,1H3,(H,16,17). The molecule has 0 saturated heterocycles. The van der Waals surface area contributed by atoms with E-state index in [1.165, 1.54) is 26.2 Å². The van der Waals surface area contributed by atoms with Crippen LogP contribution in [0.5, 0.6) is 0 Å². The van der Waals surface area contributed by atoms with Crippen LogP contribution in [-0.4, -0.2) is 23.7 Å². The monoisotopic (exact) mass is 256 g/mol. The van der Waals surface area contributed by atoms with Gasteiger partial charge in [-0.1, -0.05) is 37.8 Å². The van der Waals surface area contributed by atoms with Gasteiger partial charge in [0.15, 0.2) is 0 Å². The van der Waals surface area contributed by atoms with Gasteiger partial charge in [-0.15, -0.1) is 0 Å². The molecule has 0 heterocycles. The van der Waals surface area contributed by atoms with Crippen molar-refractivity contribution in [2.75, 3.05) is 6.61 Å². The van der Waals surface area contributed by atoms with Gasteiger partial charge in [0.25, 0.3) is 0 Å². The van der Waals surface area contributed by atoms with Crippen molar-refractivity contribution < 1.29 is 19.4 Å². The Labute approximate surface area is 109 Å². The maximum absolute atomic E-state index is 10.5. The topological polar surface area (TPSA) is 63.6 Å². The smallest absolute Gasteiger partial charge is 0.307 e. The lowest BCUT2D eigenvalue weighted by atomic mass is 10.1. The van der Waals surface area contributed by atoms with Gasteiger partial charge in [-0.05, 0) is 19.3 Å². The van der Waals surface area contributed by atoms with Crippen molar-refractivity contribution in [3.8, 4) is 0 Å². The number of hydrogen-bond acceptors (Lipinski definition) is 3. The van der Waals surface area contributed by atoms with Crippen LogP contribution >= 0.6 is 0 Å². The molecule has 1 N–H and O–H groups in total. The predicted molar refractivity (Wildman–Crippen MR) is 70.3 cm³/mol. The maximum atomic E-state index is 10.5. The molecule has 0 rings (SSSR count). The summed E-state index contributed by atoms with van der Waals surface area (Å²) in [6.45, 7) is 1.96. The molecule has 0 aromatic heterocycles. The van der Waals surface area contributed by atoms with Crippen molar-refractivity contribution in [3.63, 3.8) is 0 Å². The fourth-order valence-corrected chi connectivity index (χ4v) is 1.59. The lowest BCUT2D eigenvalue weighted by molar-refractivity contribution is -0.141. The summed E-state index contributed by atoms with van der Waals surface area (Å²) >= 11 is 0. The van der Waals surface area contributed by atoms with Crippen LogP contribution in [-0.2, 0) is 14.3 Å². The first-order chi connectivity index (χ1) is 8.63. The van der Waals surface area contributed by atoms with E-state index in [4.69, 9.17) is 9.84 Å². The average molecular weight is 256 g/mol. The summed E-state index contributed by atoms with van der Waals surface area (Å²) in [5.74, 6) is -0.984. The summed E-state index contributed by atoms with van der Waals surface area (Å²) in [5.41, 5.74) is 0. The largest absolute Gasteiger partial charge is 0.481 e. The van der Waals surface area contributed by atoms with Crippen LogP contribution in [0.4, 0.5) is 0 Å². The summed E-state index contributed by atoms with van der Waals surface area (Å²) in [4.78, 5) is 20.7. The lowest BCUT2D eigenvalue weighted by Gasteiger charge is -2.01. The van der Waals surface area contributed by atoms with E-state index in [-0.39, 0.29) is 12.4 Å². The zero-order chi connectivity index (χ0) is 13.6. The fourth-order valence-electron chi connectivity index (χ4n) is 1.59. The number of rotatable bonds is 11. The van der Waals surface area contributed by atoms with Crippen LogP contribution < -0.4 is 0 Å². The van der Waals surface area contributed by atoms with Crippen LogP contribution in [0.25, 0.3) is 0 Å². The van der Waals surface area contributed by atoms with Crippen molar-refractivity contribution in [2.45, 2.75) is 58.3 Å². The molecule has 0 fully saturated rings. The molecule has 4 heteroatoms. The Hall–Kier alpha value is -1.32. The van der Waals surface area contributed by atoms with Gasteiger partial charge in [0.2, 0.25) is 0 Å². The predicted octanol–water partition coefficient (Wildman–Crippen LogP) is 3.31. The van der Waals surface area contributed by atoms with Crippen LogP contribution in [0.2, 0.25) is 0 Å². The van der Waals surface area contributed by atoms with Gasteiger partial charge in [-0.2, -0.15) is 0 Å². The normalized spacial score (nSPS) is 10.7. The molecule has 0 aliphatic carbocycles. The Morgan fingerprint density at radius 2 is 1.61 bits per heavy atom. The number of allylic oxidation sites excluding steroid dienone is 1. The molecular weight excluding hydrogens is 232 g/mol. The second-order valence-electron chi connectivity index (χ2n) is 4.32. The number of ether oxygens (including phenoxy) is 1. The van der Waals surface area contributed by atoms with E-state index in [1.807, 2.05) is 6.08 Å². The number of carboxylic acids is 1. The summed E-state index contributed by atoms with van der Waals surface area (Å²) in [5, 5.41) is 8.41. The zero-order valence-electron chi connectivity index (χ0n) is 11.2. The van der Waals surface area contributed by atoms with Crippen molar-refractivity contribution in [1.29, 1.82) is 0 Å². The molecule has 104 valence electrons. The van der Waals surface area contributed by atoms with E-state index in [1.54, 1.807) is 6.08 Å². The summed E-state index contributed by atoms with van der Waals surface area (Å²) in [7, 11) is 0. The van der Waals surface area contributed by atoms with Gasteiger partial charge in [-0.25, -0.2) is 0 Å². The van der Waals surface area contributed by atoms with E-state index in [0.29, 0.717) is 6.61 Å². The molecule has 0 unspecified atom stereocenters. The van der Waals surface area contributed by atoms with Crippen LogP contribution in [0.1, 0.15) is 58.3 Å². The number of carboxylic acid groups (broad SMARTS) is 1.